The summed E-state index contributed by atoms with van der Waals surface area (Å²) in [5.41, 5.74) is 2.13. The molecule has 1 aliphatic heterocycles. The second-order valence-corrected chi connectivity index (χ2v) is 7.95. The van der Waals surface area contributed by atoms with Crippen molar-refractivity contribution in [3.8, 4) is 5.75 Å². The van der Waals surface area contributed by atoms with Crippen molar-refractivity contribution in [2.75, 3.05) is 23.4 Å². The molecular formula is C26H24FN3O4. The third kappa shape index (κ3) is 5.98. The number of nitrogens with zero attached hydrogens (tertiary/aromatic N) is 1. The van der Waals surface area contributed by atoms with Crippen molar-refractivity contribution in [2.24, 2.45) is 5.92 Å². The van der Waals surface area contributed by atoms with Crippen molar-refractivity contribution in [1.82, 2.24) is 5.32 Å². The minimum atomic E-state index is -0.415. The Labute approximate surface area is 196 Å². The zero-order chi connectivity index (χ0) is 23.9. The molecule has 0 spiro atoms. The molecule has 174 valence electrons. The quantitative estimate of drug-likeness (QED) is 0.538. The van der Waals surface area contributed by atoms with Gasteiger partial charge in [-0.2, -0.15) is 0 Å². The van der Waals surface area contributed by atoms with E-state index in [-0.39, 0.29) is 36.6 Å². The van der Waals surface area contributed by atoms with E-state index >= 15 is 0 Å². The van der Waals surface area contributed by atoms with Gasteiger partial charge in [-0.3, -0.25) is 14.4 Å². The molecule has 8 heteroatoms. The van der Waals surface area contributed by atoms with Gasteiger partial charge in [0.2, 0.25) is 11.8 Å². The molecule has 1 fully saturated rings. The van der Waals surface area contributed by atoms with Crippen LogP contribution < -0.4 is 20.3 Å². The SMILES string of the molecule is O=C(COc1ccc(N2CC(C(=O)NCc3ccccc3)CC2=O)cc1)Nc1ccc(F)cc1. The minimum Gasteiger partial charge on any atom is -0.484 e. The number of hydrogen-bond acceptors (Lipinski definition) is 4. The molecule has 34 heavy (non-hydrogen) atoms. The van der Waals surface area contributed by atoms with Gasteiger partial charge >= 0.3 is 0 Å². The van der Waals surface area contributed by atoms with Crippen LogP contribution in [0, 0.1) is 11.7 Å². The Kier molecular flexibility index (Phi) is 7.17. The molecule has 0 saturated carbocycles. The first-order chi connectivity index (χ1) is 16.5. The maximum absolute atomic E-state index is 12.9. The Morgan fingerprint density at radius 3 is 2.38 bits per heavy atom. The van der Waals surface area contributed by atoms with Gasteiger partial charge in [0.1, 0.15) is 11.6 Å². The van der Waals surface area contributed by atoms with E-state index in [1.54, 1.807) is 29.2 Å². The van der Waals surface area contributed by atoms with Gasteiger partial charge in [-0.15, -0.1) is 0 Å². The molecule has 0 bridgehead atoms. The minimum absolute atomic E-state index is 0.118. The van der Waals surface area contributed by atoms with E-state index in [9.17, 15) is 18.8 Å². The van der Waals surface area contributed by atoms with Gasteiger partial charge in [-0.25, -0.2) is 4.39 Å². The zero-order valence-electron chi connectivity index (χ0n) is 18.4. The van der Waals surface area contributed by atoms with E-state index < -0.39 is 5.92 Å². The molecule has 1 saturated heterocycles. The van der Waals surface area contributed by atoms with Crippen LogP contribution in [0.15, 0.2) is 78.9 Å². The van der Waals surface area contributed by atoms with Crippen molar-refractivity contribution in [3.63, 3.8) is 0 Å². The molecule has 0 aromatic heterocycles. The van der Waals surface area contributed by atoms with E-state index in [0.717, 1.165) is 5.56 Å². The summed E-state index contributed by atoms with van der Waals surface area (Å²) < 4.78 is 18.4. The van der Waals surface area contributed by atoms with Crippen molar-refractivity contribution >= 4 is 29.1 Å². The topological polar surface area (TPSA) is 87.7 Å². The largest absolute Gasteiger partial charge is 0.484 e. The maximum atomic E-state index is 12.9. The Morgan fingerprint density at radius 2 is 1.68 bits per heavy atom. The summed E-state index contributed by atoms with van der Waals surface area (Å²) in [5.74, 6) is -0.983. The predicted molar refractivity (Wildman–Crippen MR) is 126 cm³/mol. The highest BCUT2D eigenvalue weighted by Crippen LogP contribution is 2.27. The summed E-state index contributed by atoms with van der Waals surface area (Å²) in [6.07, 6.45) is 0.155. The van der Waals surface area contributed by atoms with E-state index in [1.165, 1.54) is 24.3 Å². The average molecular weight is 461 g/mol. The first-order valence-corrected chi connectivity index (χ1v) is 10.9. The fraction of sp³-hybridized carbons (Fsp3) is 0.192. The number of carbonyl (C=O) groups is 3. The Hall–Kier alpha value is -4.20. The van der Waals surface area contributed by atoms with Gasteiger partial charge in [-0.05, 0) is 54.1 Å². The third-order valence-corrected chi connectivity index (χ3v) is 5.45. The summed E-state index contributed by atoms with van der Waals surface area (Å²) >= 11 is 0. The van der Waals surface area contributed by atoms with Crippen molar-refractivity contribution in [1.29, 1.82) is 0 Å². The lowest BCUT2D eigenvalue weighted by Gasteiger charge is -2.17. The van der Waals surface area contributed by atoms with E-state index in [2.05, 4.69) is 10.6 Å². The second kappa shape index (κ2) is 10.6. The molecule has 4 rings (SSSR count). The molecular weight excluding hydrogens is 437 g/mol. The van der Waals surface area contributed by atoms with Gasteiger partial charge in [0.25, 0.3) is 5.91 Å². The molecule has 1 aliphatic rings. The number of rotatable bonds is 8. The highest BCUT2D eigenvalue weighted by atomic mass is 19.1. The number of nitrogens with one attached hydrogen (secondary N) is 2. The number of halogens is 1. The summed E-state index contributed by atoms with van der Waals surface area (Å²) in [7, 11) is 0. The highest BCUT2D eigenvalue weighted by molar-refractivity contribution is 6.00. The zero-order valence-corrected chi connectivity index (χ0v) is 18.4. The van der Waals surface area contributed by atoms with Crippen LogP contribution in [0.5, 0.6) is 5.75 Å². The number of ether oxygens (including phenoxy) is 1. The predicted octanol–water partition coefficient (Wildman–Crippen LogP) is 3.51. The van der Waals surface area contributed by atoms with Crippen LogP contribution in [0.2, 0.25) is 0 Å². The Balaban J connectivity index is 1.26. The van der Waals surface area contributed by atoms with Crippen LogP contribution in [-0.2, 0) is 20.9 Å². The number of benzene rings is 3. The molecule has 1 unspecified atom stereocenters. The van der Waals surface area contributed by atoms with Crippen molar-refractivity contribution < 1.29 is 23.5 Å². The molecule has 3 amide bonds. The number of amides is 3. The van der Waals surface area contributed by atoms with Crippen molar-refractivity contribution in [2.45, 2.75) is 13.0 Å². The van der Waals surface area contributed by atoms with Gasteiger partial charge in [0, 0.05) is 30.9 Å². The summed E-state index contributed by atoms with van der Waals surface area (Å²) in [5, 5.41) is 5.51. The van der Waals surface area contributed by atoms with Gasteiger partial charge in [0.15, 0.2) is 6.61 Å². The van der Waals surface area contributed by atoms with E-state index in [0.29, 0.717) is 30.2 Å². The summed E-state index contributed by atoms with van der Waals surface area (Å²) in [6, 6.07) is 21.8. The van der Waals surface area contributed by atoms with Crippen LogP contribution in [0.4, 0.5) is 15.8 Å². The standard InChI is InChI=1S/C26H24FN3O4/c27-20-6-8-21(9-7-20)29-24(31)17-34-23-12-10-22(11-13-23)30-16-19(14-25(30)32)26(33)28-15-18-4-2-1-3-5-18/h1-13,19H,14-17H2,(H,28,33)(H,29,31). The lowest BCUT2D eigenvalue weighted by Crippen LogP contribution is -2.32. The molecule has 7 nitrogen and oxygen atoms in total. The summed E-state index contributed by atoms with van der Waals surface area (Å²) in [4.78, 5) is 38.6. The monoisotopic (exact) mass is 461 g/mol. The third-order valence-electron chi connectivity index (χ3n) is 5.45. The van der Waals surface area contributed by atoms with Crippen LogP contribution in [0.1, 0.15) is 12.0 Å². The smallest absolute Gasteiger partial charge is 0.262 e. The fourth-order valence-corrected chi connectivity index (χ4v) is 3.66. The number of anilines is 2. The number of carbonyl (C=O) groups excluding carboxylic acids is 3. The molecule has 2 N–H and O–H groups in total. The van der Waals surface area contributed by atoms with Crippen LogP contribution in [0.3, 0.4) is 0 Å². The summed E-state index contributed by atoms with van der Waals surface area (Å²) in [6.45, 7) is 0.508. The van der Waals surface area contributed by atoms with Crippen LogP contribution in [0.25, 0.3) is 0 Å². The average Bonchev–Trinajstić information content (AvgIpc) is 3.25. The Bertz CT molecular complexity index is 1150. The maximum Gasteiger partial charge on any atom is 0.262 e. The first kappa shape index (κ1) is 23.0. The van der Waals surface area contributed by atoms with Crippen LogP contribution >= 0.6 is 0 Å². The van der Waals surface area contributed by atoms with Gasteiger partial charge in [-0.1, -0.05) is 30.3 Å². The lowest BCUT2D eigenvalue weighted by molar-refractivity contribution is -0.126. The van der Waals surface area contributed by atoms with Gasteiger partial charge < -0.3 is 20.3 Å². The van der Waals surface area contributed by atoms with Gasteiger partial charge in [0.05, 0.1) is 5.92 Å². The van der Waals surface area contributed by atoms with E-state index in [1.807, 2.05) is 30.3 Å². The molecule has 0 aliphatic carbocycles. The molecule has 3 aromatic carbocycles. The normalized spacial score (nSPS) is 15.1. The lowest BCUT2D eigenvalue weighted by atomic mass is 10.1. The number of hydrogen-bond donors (Lipinski definition) is 2. The van der Waals surface area contributed by atoms with Crippen LogP contribution in [-0.4, -0.2) is 30.9 Å². The molecule has 1 heterocycles. The van der Waals surface area contributed by atoms with Crippen molar-refractivity contribution in [3.05, 3.63) is 90.2 Å². The fourth-order valence-electron chi connectivity index (χ4n) is 3.66. The second-order valence-electron chi connectivity index (χ2n) is 7.95. The Morgan fingerprint density at radius 1 is 0.971 bits per heavy atom. The molecule has 0 radical (unpaired) electrons. The molecule has 3 aromatic rings. The molecule has 1 atom stereocenters. The first-order valence-electron chi connectivity index (χ1n) is 10.9. The van der Waals surface area contributed by atoms with E-state index in [4.69, 9.17) is 4.74 Å². The highest BCUT2D eigenvalue weighted by Gasteiger charge is 2.35.